The first-order chi connectivity index (χ1) is 27.3. The molecule has 2 unspecified atom stereocenters. The monoisotopic (exact) mass is 742 g/mol. The van der Waals surface area contributed by atoms with Crippen LogP contribution in [0.2, 0.25) is 0 Å². The van der Waals surface area contributed by atoms with E-state index >= 15 is 4.79 Å². The second-order valence-electron chi connectivity index (χ2n) is 15.1. The minimum Gasteiger partial charge on any atom is -0.378 e. The number of rotatable bonds is 14. The molecular weight excluding hydrogens is 693 g/mol. The molecule has 2 amide bonds. The van der Waals surface area contributed by atoms with Gasteiger partial charge in [0.2, 0.25) is 11.8 Å². The van der Waals surface area contributed by atoms with E-state index in [-0.39, 0.29) is 25.7 Å². The molecule has 0 saturated heterocycles. The van der Waals surface area contributed by atoms with Gasteiger partial charge in [-0.2, -0.15) is 0 Å². The third-order valence-electron chi connectivity index (χ3n) is 11.9. The van der Waals surface area contributed by atoms with Gasteiger partial charge in [0.05, 0.1) is 12.1 Å². The molecule has 0 radical (unpaired) electrons. The number of carbonyl (C=O) groups is 2. The summed E-state index contributed by atoms with van der Waals surface area (Å²) in [5.74, 6) is -1.17. The highest BCUT2D eigenvalue weighted by atomic mass is 16.3. The number of amides is 2. The first-order valence-corrected chi connectivity index (χ1v) is 19.7. The summed E-state index contributed by atoms with van der Waals surface area (Å²) >= 11 is 0. The van der Waals surface area contributed by atoms with E-state index in [0.29, 0.717) is 35.1 Å². The normalized spacial score (nSPS) is 15.3. The molecule has 0 aliphatic heterocycles. The lowest BCUT2D eigenvalue weighted by atomic mass is 9.68. The largest absolute Gasteiger partial charge is 0.378 e. The molecule has 0 aromatic heterocycles. The molecular formula is C50H50N2O4. The molecule has 56 heavy (non-hydrogen) atoms. The predicted octanol–water partition coefficient (Wildman–Crippen LogP) is 8.35. The van der Waals surface area contributed by atoms with Crippen LogP contribution in [0.4, 0.5) is 0 Å². The van der Waals surface area contributed by atoms with Gasteiger partial charge in [-0.1, -0.05) is 201 Å². The Hall–Kier alpha value is -5.82. The minimum absolute atomic E-state index is 0.187. The van der Waals surface area contributed by atoms with Crippen molar-refractivity contribution in [2.24, 2.45) is 11.1 Å². The zero-order chi connectivity index (χ0) is 39.0. The highest BCUT2D eigenvalue weighted by Crippen LogP contribution is 2.47. The van der Waals surface area contributed by atoms with Crippen molar-refractivity contribution in [1.82, 2.24) is 4.90 Å². The van der Waals surface area contributed by atoms with Crippen LogP contribution in [0.3, 0.4) is 0 Å². The number of hydrogen-bond acceptors (Lipinski definition) is 4. The van der Waals surface area contributed by atoms with E-state index in [9.17, 15) is 15.0 Å². The van der Waals surface area contributed by atoms with Crippen LogP contribution in [0.1, 0.15) is 65.5 Å². The van der Waals surface area contributed by atoms with Gasteiger partial charge in [0.25, 0.3) is 0 Å². The van der Waals surface area contributed by atoms with Crippen molar-refractivity contribution in [3.8, 4) is 0 Å². The van der Waals surface area contributed by atoms with Crippen LogP contribution in [-0.2, 0) is 33.6 Å². The number of carbonyl (C=O) groups excluding carboxylic acids is 2. The van der Waals surface area contributed by atoms with Crippen LogP contribution in [0.5, 0.6) is 0 Å². The van der Waals surface area contributed by atoms with Crippen LogP contribution < -0.4 is 5.73 Å². The minimum atomic E-state index is -1.84. The summed E-state index contributed by atoms with van der Waals surface area (Å²) < 4.78 is 0. The van der Waals surface area contributed by atoms with Crippen molar-refractivity contribution >= 4 is 11.8 Å². The second-order valence-corrected chi connectivity index (χ2v) is 15.1. The van der Waals surface area contributed by atoms with Crippen molar-refractivity contribution in [1.29, 1.82) is 0 Å². The fourth-order valence-electron chi connectivity index (χ4n) is 8.91. The maximum Gasteiger partial charge on any atom is 0.239 e. The standard InChI is InChI=1S/C50H50N2O4/c51-46(53)48(34-20-7-21-35-48)47(54)52(44(36-38-22-8-1-9-23-38)49(55,40-26-12-3-13-27-40)41-28-14-4-15-29-41)45(37-39-24-10-2-11-25-39)50(56,42-30-16-5-17-31-42)43-32-18-6-19-33-43/h1-6,8-19,22-33,44-45,55-56H,7,20-21,34-37H2,(H2,51,53). The molecule has 1 saturated carbocycles. The van der Waals surface area contributed by atoms with Gasteiger partial charge in [0.15, 0.2) is 0 Å². The van der Waals surface area contributed by atoms with E-state index < -0.39 is 40.5 Å². The van der Waals surface area contributed by atoms with Crippen LogP contribution in [0.25, 0.3) is 0 Å². The summed E-state index contributed by atoms with van der Waals surface area (Å²) in [5, 5.41) is 27.9. The number of nitrogens with zero attached hydrogens (tertiary/aromatic N) is 1. The summed E-state index contributed by atoms with van der Waals surface area (Å²) in [7, 11) is 0. The van der Waals surface area contributed by atoms with Crippen molar-refractivity contribution in [3.63, 3.8) is 0 Å². The summed E-state index contributed by atoms with van der Waals surface area (Å²) in [4.78, 5) is 32.1. The molecule has 284 valence electrons. The zero-order valence-corrected chi connectivity index (χ0v) is 31.7. The Bertz CT molecular complexity index is 1940. The quantitative estimate of drug-likeness (QED) is 0.0977. The molecule has 6 aromatic rings. The summed E-state index contributed by atoms with van der Waals surface area (Å²) in [6.07, 6.45) is 3.10. The van der Waals surface area contributed by atoms with Crippen molar-refractivity contribution in [2.45, 2.75) is 68.2 Å². The summed E-state index contributed by atoms with van der Waals surface area (Å²) in [6, 6.07) is 55.2. The number of primary amides is 1. The van der Waals surface area contributed by atoms with Gasteiger partial charge in [-0.15, -0.1) is 0 Å². The lowest BCUT2D eigenvalue weighted by molar-refractivity contribution is -0.169. The highest BCUT2D eigenvalue weighted by Gasteiger charge is 2.58. The van der Waals surface area contributed by atoms with Gasteiger partial charge in [0.1, 0.15) is 16.6 Å². The van der Waals surface area contributed by atoms with Gasteiger partial charge in [-0.25, -0.2) is 0 Å². The number of hydrogen-bond donors (Lipinski definition) is 3. The van der Waals surface area contributed by atoms with Crippen LogP contribution in [0, 0.1) is 5.41 Å². The third-order valence-corrected chi connectivity index (χ3v) is 11.9. The fourth-order valence-corrected chi connectivity index (χ4v) is 8.91. The summed E-state index contributed by atoms with van der Waals surface area (Å²) in [5.41, 5.74) is 5.18. The average Bonchev–Trinajstić information content (AvgIpc) is 3.27. The molecule has 4 N–H and O–H groups in total. The molecule has 0 spiro atoms. The van der Waals surface area contributed by atoms with Gasteiger partial charge in [0, 0.05) is 0 Å². The predicted molar refractivity (Wildman–Crippen MR) is 221 cm³/mol. The van der Waals surface area contributed by atoms with Crippen LogP contribution >= 0.6 is 0 Å². The van der Waals surface area contributed by atoms with Crippen LogP contribution in [-0.4, -0.2) is 39.0 Å². The molecule has 1 fully saturated rings. The number of nitrogens with two attached hydrogens (primary N) is 1. The molecule has 1 aliphatic carbocycles. The number of aliphatic hydroxyl groups is 2. The van der Waals surface area contributed by atoms with E-state index in [0.717, 1.165) is 17.5 Å². The first kappa shape index (κ1) is 38.5. The molecule has 0 bridgehead atoms. The van der Waals surface area contributed by atoms with E-state index in [4.69, 9.17) is 5.73 Å². The number of benzene rings is 6. The Morgan fingerprint density at radius 3 is 1.07 bits per heavy atom. The lowest BCUT2D eigenvalue weighted by Crippen LogP contribution is -2.67. The molecule has 0 heterocycles. The van der Waals surface area contributed by atoms with E-state index in [2.05, 4.69) is 0 Å². The lowest BCUT2D eigenvalue weighted by Gasteiger charge is -2.53. The van der Waals surface area contributed by atoms with Crippen LogP contribution in [0.15, 0.2) is 182 Å². The first-order valence-electron chi connectivity index (χ1n) is 19.7. The Morgan fingerprint density at radius 1 is 0.500 bits per heavy atom. The molecule has 6 heteroatoms. The van der Waals surface area contributed by atoms with E-state index in [1.165, 1.54) is 0 Å². The highest BCUT2D eigenvalue weighted by molar-refractivity contribution is 6.05. The van der Waals surface area contributed by atoms with E-state index in [1.54, 1.807) is 4.90 Å². The Morgan fingerprint density at radius 2 is 0.786 bits per heavy atom. The molecule has 2 atom stereocenters. The smallest absolute Gasteiger partial charge is 0.239 e. The molecule has 6 nitrogen and oxygen atoms in total. The topological polar surface area (TPSA) is 104 Å². The van der Waals surface area contributed by atoms with Crippen molar-refractivity contribution in [3.05, 3.63) is 215 Å². The van der Waals surface area contributed by atoms with Crippen molar-refractivity contribution < 1.29 is 19.8 Å². The Kier molecular flexibility index (Phi) is 11.6. The van der Waals surface area contributed by atoms with Crippen molar-refractivity contribution in [2.75, 3.05) is 0 Å². The maximum atomic E-state index is 16.3. The van der Waals surface area contributed by atoms with Gasteiger partial charge in [-0.05, 0) is 59.1 Å². The SMILES string of the molecule is NC(=O)C1(C(=O)N(C(Cc2ccccc2)C(O)(c2ccccc2)c2ccccc2)C(Cc2ccccc2)C(O)(c2ccccc2)c2ccccc2)CCCCC1. The molecule has 7 rings (SSSR count). The van der Waals surface area contributed by atoms with Gasteiger partial charge < -0.3 is 20.8 Å². The molecule has 6 aromatic carbocycles. The van der Waals surface area contributed by atoms with Gasteiger partial charge in [-0.3, -0.25) is 9.59 Å². The van der Waals surface area contributed by atoms with E-state index in [1.807, 2.05) is 182 Å². The average molecular weight is 743 g/mol. The maximum absolute atomic E-state index is 16.3. The molecule has 1 aliphatic rings. The second kappa shape index (κ2) is 16.9. The summed E-state index contributed by atoms with van der Waals surface area (Å²) in [6.45, 7) is 0. The third kappa shape index (κ3) is 7.43. The van der Waals surface area contributed by atoms with Gasteiger partial charge >= 0.3 is 0 Å². The fraction of sp³-hybridized carbons (Fsp3) is 0.240. The zero-order valence-electron chi connectivity index (χ0n) is 31.7. The Balaban J connectivity index is 1.61. The Labute approximate surface area is 330 Å².